The van der Waals surface area contributed by atoms with Gasteiger partial charge in [-0.1, -0.05) is 0 Å². The molecule has 0 aromatic carbocycles. The first kappa shape index (κ1) is 15.7. The van der Waals surface area contributed by atoms with E-state index in [0.717, 1.165) is 0 Å². The Balaban J connectivity index is -0.0000000800. The van der Waals surface area contributed by atoms with E-state index in [1.54, 1.807) is 0 Å². The van der Waals surface area contributed by atoms with E-state index in [-0.39, 0.29) is 22.5 Å². The predicted molar refractivity (Wildman–Crippen MR) is 14.9 cm³/mol. The summed E-state index contributed by atoms with van der Waals surface area (Å²) in [7, 11) is -4.67. The molecule has 0 saturated heterocycles. The summed E-state index contributed by atoms with van der Waals surface area (Å²) in [6, 6.07) is 0. The molecule has 0 atom stereocenters. The maximum absolute atomic E-state index is 8.74. The normalized spacial score (nSPS) is 8.29. The van der Waals surface area contributed by atoms with Crippen LogP contribution in [0.2, 0.25) is 0 Å². The Morgan fingerprint density at radius 3 is 1.14 bits per heavy atom. The van der Waals surface area contributed by atoms with Crippen LogP contribution in [0.3, 0.4) is 0 Å². The van der Waals surface area contributed by atoms with Gasteiger partial charge in [0.15, 0.2) is 0 Å². The van der Waals surface area contributed by atoms with Gasteiger partial charge >= 0.3 is 27.5 Å². The Hall–Kier alpha value is 0.349. The van der Waals surface area contributed by atoms with Gasteiger partial charge in [0, 0.05) is 0 Å². The monoisotopic (exact) mass is 177 g/mol. The average Bonchev–Trinajstić information content (AvgIpc) is 0.722. The van der Waals surface area contributed by atoms with E-state index < -0.39 is 10.4 Å². The van der Waals surface area contributed by atoms with Crippen LogP contribution in [0.25, 0.3) is 0 Å². The summed E-state index contributed by atoms with van der Waals surface area (Å²) in [5.41, 5.74) is 0. The summed E-state index contributed by atoms with van der Waals surface area (Å²) < 4.78 is 31.6. The largest absolute Gasteiger partial charge is 2.00 e. The Labute approximate surface area is 51.1 Å². The molecule has 7 heteroatoms. The van der Waals surface area contributed by atoms with Gasteiger partial charge in [-0.15, -0.1) is 0 Å². The Morgan fingerprint density at radius 2 is 1.14 bits per heavy atom. The van der Waals surface area contributed by atoms with Crippen LogP contribution >= 0.6 is 0 Å². The van der Waals surface area contributed by atoms with E-state index in [1.807, 2.05) is 0 Å². The van der Waals surface area contributed by atoms with Gasteiger partial charge in [-0.05, 0) is 0 Å². The van der Waals surface area contributed by atoms with Gasteiger partial charge in [0.2, 0.25) is 0 Å². The van der Waals surface area contributed by atoms with Crippen molar-refractivity contribution in [3.63, 3.8) is 0 Å². The molecule has 0 aliphatic carbocycles. The molecule has 7 heavy (non-hydrogen) atoms. The summed E-state index contributed by atoms with van der Waals surface area (Å²) in [6.07, 6.45) is 0. The van der Waals surface area contributed by atoms with Gasteiger partial charge in [-0.2, -0.15) is 8.42 Å². The fraction of sp³-hybridized carbons (Fsp3) is 0. The first-order chi connectivity index (χ1) is 2.00. The maximum atomic E-state index is 8.74. The molecular formula is H2CuO5S. The molecule has 0 aromatic heterocycles. The molecule has 0 fully saturated rings. The van der Waals surface area contributed by atoms with E-state index in [9.17, 15) is 0 Å². The number of hydrogen-bond donors (Lipinski definition) is 2. The molecule has 1 radical (unpaired) electrons. The SMILES string of the molecule is O=S(=O)(O)O.[Cu+2].[O-2]. The molecule has 0 spiro atoms. The van der Waals surface area contributed by atoms with Gasteiger partial charge < -0.3 is 5.48 Å². The van der Waals surface area contributed by atoms with E-state index in [2.05, 4.69) is 0 Å². The minimum Gasteiger partial charge on any atom is -2.00 e. The summed E-state index contributed by atoms with van der Waals surface area (Å²) in [6.45, 7) is 0. The molecule has 0 unspecified atom stereocenters. The zero-order valence-corrected chi connectivity index (χ0v) is 4.59. The van der Waals surface area contributed by atoms with Crippen molar-refractivity contribution in [3.8, 4) is 0 Å². The summed E-state index contributed by atoms with van der Waals surface area (Å²) >= 11 is 0. The van der Waals surface area contributed by atoms with E-state index in [4.69, 9.17) is 17.5 Å². The van der Waals surface area contributed by atoms with Gasteiger partial charge in [0.25, 0.3) is 0 Å². The standard InChI is InChI=1S/Cu.H2O4S.O/c;1-5(2,3)4;/h;(H2,1,2,3,4);/q+2;;-2. The van der Waals surface area contributed by atoms with Gasteiger partial charge in [0.05, 0.1) is 0 Å². The molecule has 2 N–H and O–H groups in total. The zero-order chi connectivity index (χ0) is 4.50. The fourth-order valence-corrected chi connectivity index (χ4v) is 0. The molecule has 49 valence electrons. The van der Waals surface area contributed by atoms with Gasteiger partial charge in [-0.3, -0.25) is 9.11 Å². The van der Waals surface area contributed by atoms with Crippen molar-refractivity contribution in [2.24, 2.45) is 0 Å². The zero-order valence-electron chi connectivity index (χ0n) is 2.83. The maximum Gasteiger partial charge on any atom is 2.00 e. The first-order valence-electron chi connectivity index (χ1n) is 0.698. The molecule has 0 heterocycles. The predicted octanol–water partition coefficient (Wildman–Crippen LogP) is -0.774. The quantitative estimate of drug-likeness (QED) is 0.374. The van der Waals surface area contributed by atoms with Crippen molar-refractivity contribution in [1.82, 2.24) is 0 Å². The Morgan fingerprint density at radius 1 is 1.14 bits per heavy atom. The second kappa shape index (κ2) is 4.51. The molecular weight excluding hydrogens is 176 g/mol. The van der Waals surface area contributed by atoms with Gasteiger partial charge in [0.1, 0.15) is 0 Å². The van der Waals surface area contributed by atoms with Crippen LogP contribution in [0.4, 0.5) is 0 Å². The van der Waals surface area contributed by atoms with Crippen molar-refractivity contribution in [3.05, 3.63) is 0 Å². The van der Waals surface area contributed by atoms with Crippen molar-refractivity contribution < 1.29 is 40.1 Å². The molecule has 0 saturated carbocycles. The number of hydrogen-bond acceptors (Lipinski definition) is 2. The minimum absolute atomic E-state index is 0. The van der Waals surface area contributed by atoms with E-state index >= 15 is 0 Å². The van der Waals surface area contributed by atoms with Crippen LogP contribution in [0.15, 0.2) is 0 Å². The summed E-state index contributed by atoms with van der Waals surface area (Å²) in [4.78, 5) is 0. The van der Waals surface area contributed by atoms with Crippen molar-refractivity contribution in [2.45, 2.75) is 0 Å². The fourth-order valence-electron chi connectivity index (χ4n) is 0. The first-order valence-corrected chi connectivity index (χ1v) is 2.10. The Bertz CT molecular complexity index is 91.2. The van der Waals surface area contributed by atoms with Crippen LogP contribution in [0, 0.1) is 0 Å². The minimum atomic E-state index is -4.67. The second-order valence-corrected chi connectivity index (χ2v) is 1.34. The van der Waals surface area contributed by atoms with Gasteiger partial charge in [-0.25, -0.2) is 0 Å². The van der Waals surface area contributed by atoms with Crippen LogP contribution < -0.4 is 0 Å². The smallest absolute Gasteiger partial charge is 2.00 e. The molecule has 5 nitrogen and oxygen atoms in total. The van der Waals surface area contributed by atoms with Crippen LogP contribution in [-0.4, -0.2) is 17.5 Å². The Kier molecular flexibility index (Phi) is 10.1. The third-order valence-electron chi connectivity index (χ3n) is 0. The molecule has 0 rings (SSSR count). The van der Waals surface area contributed by atoms with Crippen molar-refractivity contribution >= 4 is 10.4 Å². The summed E-state index contributed by atoms with van der Waals surface area (Å²) in [5.74, 6) is 0. The molecule has 0 amide bonds. The average molecular weight is 178 g/mol. The molecule has 0 aliphatic heterocycles. The van der Waals surface area contributed by atoms with Crippen LogP contribution in [0.5, 0.6) is 0 Å². The molecule has 0 bridgehead atoms. The third-order valence-corrected chi connectivity index (χ3v) is 0. The molecule has 0 aromatic rings. The topological polar surface area (TPSA) is 103 Å². The van der Waals surface area contributed by atoms with Crippen molar-refractivity contribution in [1.29, 1.82) is 0 Å². The van der Waals surface area contributed by atoms with Crippen LogP contribution in [0.1, 0.15) is 0 Å². The summed E-state index contributed by atoms with van der Waals surface area (Å²) in [5, 5.41) is 0. The third kappa shape index (κ3) is 983. The van der Waals surface area contributed by atoms with E-state index in [0.29, 0.717) is 0 Å². The van der Waals surface area contributed by atoms with E-state index in [1.165, 1.54) is 0 Å². The second-order valence-electron chi connectivity index (χ2n) is 0.448. The van der Waals surface area contributed by atoms with Crippen molar-refractivity contribution in [2.75, 3.05) is 0 Å². The van der Waals surface area contributed by atoms with Crippen LogP contribution in [-0.2, 0) is 32.9 Å². The number of rotatable bonds is 0. The molecule has 0 aliphatic rings.